The van der Waals surface area contributed by atoms with E-state index in [-0.39, 0.29) is 5.56 Å². The highest BCUT2D eigenvalue weighted by atomic mass is 16.1. The van der Waals surface area contributed by atoms with Gasteiger partial charge in [0.1, 0.15) is 11.9 Å². The van der Waals surface area contributed by atoms with Crippen molar-refractivity contribution in [3.63, 3.8) is 0 Å². The molecule has 1 aromatic heterocycles. The maximum absolute atomic E-state index is 12.3. The Labute approximate surface area is 169 Å². The van der Waals surface area contributed by atoms with Gasteiger partial charge in [-0.2, -0.15) is 5.26 Å². The van der Waals surface area contributed by atoms with E-state index in [1.807, 2.05) is 24.3 Å². The summed E-state index contributed by atoms with van der Waals surface area (Å²) in [4.78, 5) is 24.5. The molecule has 0 unspecified atom stereocenters. The molecular formula is C23H23N5O. The number of fused-ring (bicyclic) bond motifs is 1. The third kappa shape index (κ3) is 3.62. The zero-order valence-electron chi connectivity index (χ0n) is 16.3. The molecule has 0 spiro atoms. The molecule has 3 aromatic rings. The minimum absolute atomic E-state index is 0.0835. The molecule has 0 amide bonds. The number of aromatic nitrogens is 2. The predicted molar refractivity (Wildman–Crippen MR) is 113 cm³/mol. The number of piperazine rings is 1. The van der Waals surface area contributed by atoms with Crippen LogP contribution in [0, 0.1) is 11.3 Å². The average Bonchev–Trinajstić information content (AvgIpc) is 3.59. The summed E-state index contributed by atoms with van der Waals surface area (Å²) in [5.41, 5.74) is 3.83. The van der Waals surface area contributed by atoms with E-state index in [2.05, 4.69) is 38.0 Å². The molecule has 2 aliphatic rings. The first kappa shape index (κ1) is 17.9. The van der Waals surface area contributed by atoms with Gasteiger partial charge < -0.3 is 9.88 Å². The van der Waals surface area contributed by atoms with Gasteiger partial charge in [0, 0.05) is 26.2 Å². The summed E-state index contributed by atoms with van der Waals surface area (Å²) in [5.74, 6) is 1.38. The lowest BCUT2D eigenvalue weighted by molar-refractivity contribution is 0.244. The number of rotatable bonds is 4. The molecule has 6 heteroatoms. The number of para-hydroxylation sites is 1. The van der Waals surface area contributed by atoms with Gasteiger partial charge in [0.15, 0.2) is 0 Å². The normalized spacial score (nSPS) is 17.4. The fourth-order valence-electron chi connectivity index (χ4n) is 4.14. The maximum atomic E-state index is 12.3. The number of benzene rings is 2. The number of hydrogen-bond donors (Lipinski definition) is 1. The van der Waals surface area contributed by atoms with Crippen LogP contribution in [0.5, 0.6) is 0 Å². The van der Waals surface area contributed by atoms with Crippen molar-refractivity contribution in [2.24, 2.45) is 0 Å². The van der Waals surface area contributed by atoms with E-state index < -0.39 is 0 Å². The van der Waals surface area contributed by atoms with E-state index in [1.165, 1.54) is 18.4 Å². The predicted octanol–water partition coefficient (Wildman–Crippen LogP) is 2.99. The maximum Gasteiger partial charge on any atom is 0.258 e. The van der Waals surface area contributed by atoms with Crippen LogP contribution in [0.4, 0.5) is 5.69 Å². The third-order valence-corrected chi connectivity index (χ3v) is 5.94. The molecule has 6 nitrogen and oxygen atoms in total. The lowest BCUT2D eigenvalue weighted by atomic mass is 10.0. The van der Waals surface area contributed by atoms with Crippen LogP contribution in [0.1, 0.15) is 35.7 Å². The van der Waals surface area contributed by atoms with Crippen LogP contribution in [0.2, 0.25) is 0 Å². The third-order valence-electron chi connectivity index (χ3n) is 5.94. The van der Waals surface area contributed by atoms with Crippen LogP contribution in [-0.2, 0) is 6.54 Å². The van der Waals surface area contributed by atoms with Crippen molar-refractivity contribution in [3.05, 3.63) is 69.8 Å². The van der Waals surface area contributed by atoms with Gasteiger partial charge in [-0.05, 0) is 48.6 Å². The Bertz CT molecular complexity index is 1150. The summed E-state index contributed by atoms with van der Waals surface area (Å²) in [6.45, 7) is 4.09. The Morgan fingerprint density at radius 2 is 1.90 bits per heavy atom. The molecular weight excluding hydrogens is 362 g/mol. The minimum Gasteiger partial charge on any atom is -0.368 e. The van der Waals surface area contributed by atoms with Crippen LogP contribution < -0.4 is 10.5 Å². The molecule has 0 atom stereocenters. The molecule has 1 saturated carbocycles. The number of H-pyrrole nitrogens is 1. The average molecular weight is 385 g/mol. The van der Waals surface area contributed by atoms with Gasteiger partial charge in [0.05, 0.1) is 28.7 Å². The zero-order chi connectivity index (χ0) is 19.8. The fourth-order valence-corrected chi connectivity index (χ4v) is 4.14. The highest BCUT2D eigenvalue weighted by Crippen LogP contribution is 2.41. The molecule has 1 aliphatic heterocycles. The van der Waals surface area contributed by atoms with Crippen LogP contribution in [-0.4, -0.2) is 41.0 Å². The number of anilines is 1. The SMILES string of the molecule is N#Cc1ccc(C2CC2)cc1N1CCN(Cc2nc3ccccc3c(=O)[nH]2)CC1. The number of hydrogen-bond acceptors (Lipinski definition) is 5. The monoisotopic (exact) mass is 385 g/mol. The van der Waals surface area contributed by atoms with Crippen molar-refractivity contribution in [2.45, 2.75) is 25.3 Å². The topological polar surface area (TPSA) is 76.0 Å². The summed E-state index contributed by atoms with van der Waals surface area (Å²) in [5, 5.41) is 10.2. The van der Waals surface area contributed by atoms with Crippen molar-refractivity contribution in [2.75, 3.05) is 31.1 Å². The van der Waals surface area contributed by atoms with Gasteiger partial charge in [-0.25, -0.2) is 4.98 Å². The Hall–Kier alpha value is -3.17. The van der Waals surface area contributed by atoms with E-state index in [0.29, 0.717) is 23.7 Å². The second-order valence-electron chi connectivity index (χ2n) is 7.96. The summed E-state index contributed by atoms with van der Waals surface area (Å²) in [6.07, 6.45) is 2.52. The van der Waals surface area contributed by atoms with Gasteiger partial charge in [0.25, 0.3) is 5.56 Å². The van der Waals surface area contributed by atoms with E-state index >= 15 is 0 Å². The molecule has 1 saturated heterocycles. The van der Waals surface area contributed by atoms with Crippen LogP contribution in [0.25, 0.3) is 10.9 Å². The van der Waals surface area contributed by atoms with E-state index in [4.69, 9.17) is 0 Å². The number of nitrogens with one attached hydrogen (secondary N) is 1. The number of nitrogens with zero attached hydrogens (tertiary/aromatic N) is 4. The van der Waals surface area contributed by atoms with Crippen LogP contribution >= 0.6 is 0 Å². The fraction of sp³-hybridized carbons (Fsp3) is 0.348. The first-order valence-electron chi connectivity index (χ1n) is 10.2. The zero-order valence-corrected chi connectivity index (χ0v) is 16.3. The first-order valence-corrected chi connectivity index (χ1v) is 10.2. The van der Waals surface area contributed by atoms with E-state index in [0.717, 1.165) is 42.9 Å². The van der Waals surface area contributed by atoms with Crippen molar-refractivity contribution in [1.29, 1.82) is 5.26 Å². The van der Waals surface area contributed by atoms with Gasteiger partial charge in [-0.15, -0.1) is 0 Å². The van der Waals surface area contributed by atoms with Crippen molar-refractivity contribution in [3.8, 4) is 6.07 Å². The van der Waals surface area contributed by atoms with Gasteiger partial charge >= 0.3 is 0 Å². The summed E-state index contributed by atoms with van der Waals surface area (Å²) < 4.78 is 0. The molecule has 2 heterocycles. The van der Waals surface area contributed by atoms with E-state index in [9.17, 15) is 10.1 Å². The standard InChI is InChI=1S/C23H23N5O/c24-14-18-8-7-17(16-5-6-16)13-21(18)28-11-9-27(10-12-28)15-22-25-20-4-2-1-3-19(20)23(29)26-22/h1-4,7-8,13,16H,5-6,9-12,15H2,(H,25,26,29). The molecule has 1 N–H and O–H groups in total. The van der Waals surface area contributed by atoms with Crippen LogP contribution in [0.3, 0.4) is 0 Å². The summed E-state index contributed by atoms with van der Waals surface area (Å²) in [7, 11) is 0. The number of aromatic amines is 1. The molecule has 1 aliphatic carbocycles. The lowest BCUT2D eigenvalue weighted by Crippen LogP contribution is -2.46. The Morgan fingerprint density at radius 1 is 1.10 bits per heavy atom. The van der Waals surface area contributed by atoms with Crippen molar-refractivity contribution < 1.29 is 0 Å². The van der Waals surface area contributed by atoms with Gasteiger partial charge in [-0.1, -0.05) is 18.2 Å². The minimum atomic E-state index is -0.0835. The summed E-state index contributed by atoms with van der Waals surface area (Å²) >= 11 is 0. The largest absolute Gasteiger partial charge is 0.368 e. The Kier molecular flexibility index (Phi) is 4.53. The lowest BCUT2D eigenvalue weighted by Gasteiger charge is -2.36. The van der Waals surface area contributed by atoms with Gasteiger partial charge in [0.2, 0.25) is 0 Å². The molecule has 0 bridgehead atoms. The molecule has 29 heavy (non-hydrogen) atoms. The Morgan fingerprint density at radius 3 is 2.66 bits per heavy atom. The highest BCUT2D eigenvalue weighted by Gasteiger charge is 2.26. The van der Waals surface area contributed by atoms with Crippen LogP contribution in [0.15, 0.2) is 47.3 Å². The van der Waals surface area contributed by atoms with Gasteiger partial charge in [-0.3, -0.25) is 9.69 Å². The molecule has 5 rings (SSSR count). The second kappa shape index (κ2) is 7.34. The van der Waals surface area contributed by atoms with Crippen molar-refractivity contribution >= 4 is 16.6 Å². The smallest absolute Gasteiger partial charge is 0.258 e. The molecule has 0 radical (unpaired) electrons. The van der Waals surface area contributed by atoms with Crippen molar-refractivity contribution in [1.82, 2.24) is 14.9 Å². The summed E-state index contributed by atoms with van der Waals surface area (Å²) in [6, 6.07) is 16.1. The first-order chi connectivity index (χ1) is 14.2. The molecule has 2 aromatic carbocycles. The highest BCUT2D eigenvalue weighted by molar-refractivity contribution is 5.77. The second-order valence-corrected chi connectivity index (χ2v) is 7.96. The number of nitriles is 1. The Balaban J connectivity index is 1.29. The quantitative estimate of drug-likeness (QED) is 0.747. The molecule has 2 fully saturated rings. The van der Waals surface area contributed by atoms with E-state index in [1.54, 1.807) is 6.07 Å². The molecule has 146 valence electrons.